The van der Waals surface area contributed by atoms with E-state index in [4.69, 9.17) is 16.6 Å². The van der Waals surface area contributed by atoms with Gasteiger partial charge in [0.1, 0.15) is 5.82 Å². The van der Waals surface area contributed by atoms with Crippen molar-refractivity contribution in [3.05, 3.63) is 81.1 Å². The molecule has 0 atom stereocenters. The summed E-state index contributed by atoms with van der Waals surface area (Å²) in [5, 5.41) is 12.6. The summed E-state index contributed by atoms with van der Waals surface area (Å²) in [5.74, 6) is 1.36. The average molecular weight is 498 g/mol. The highest BCUT2D eigenvalue weighted by Gasteiger charge is 2.23. The molecule has 33 heavy (non-hydrogen) atoms. The summed E-state index contributed by atoms with van der Waals surface area (Å²) in [6.45, 7) is 8.14. The first kappa shape index (κ1) is 23.5. The van der Waals surface area contributed by atoms with E-state index in [1.807, 2.05) is 56.5 Å². The Kier molecular flexibility index (Phi) is 7.17. The van der Waals surface area contributed by atoms with Crippen LogP contribution in [0.4, 0.5) is 10.8 Å². The van der Waals surface area contributed by atoms with E-state index >= 15 is 0 Å². The van der Waals surface area contributed by atoms with Crippen molar-refractivity contribution in [3.8, 4) is 0 Å². The van der Waals surface area contributed by atoms with Crippen molar-refractivity contribution in [1.82, 2.24) is 19.7 Å². The van der Waals surface area contributed by atoms with E-state index in [1.165, 1.54) is 23.8 Å². The predicted octanol–water partition coefficient (Wildman–Crippen LogP) is 6.34. The van der Waals surface area contributed by atoms with Crippen LogP contribution in [0.15, 0.2) is 53.0 Å². The van der Waals surface area contributed by atoms with Crippen LogP contribution in [0.25, 0.3) is 0 Å². The van der Waals surface area contributed by atoms with Crippen molar-refractivity contribution in [1.29, 1.82) is 0 Å². The molecule has 0 spiro atoms. The van der Waals surface area contributed by atoms with E-state index in [1.54, 1.807) is 16.7 Å². The van der Waals surface area contributed by atoms with E-state index in [2.05, 4.69) is 26.9 Å². The van der Waals surface area contributed by atoms with E-state index in [0.29, 0.717) is 28.1 Å². The molecule has 0 fully saturated rings. The lowest BCUT2D eigenvalue weighted by atomic mass is 10.1. The lowest BCUT2D eigenvalue weighted by Crippen LogP contribution is -2.24. The number of thioether (sulfide) groups is 1. The molecule has 0 aliphatic carbocycles. The third kappa shape index (κ3) is 5.29. The number of hydrogen-bond donors (Lipinski definition) is 0. The molecule has 0 aliphatic heterocycles. The zero-order valence-corrected chi connectivity index (χ0v) is 21.3. The Labute approximate surface area is 206 Å². The van der Waals surface area contributed by atoms with Gasteiger partial charge in [-0.2, -0.15) is 0 Å². The summed E-state index contributed by atoms with van der Waals surface area (Å²) in [7, 11) is 0. The molecule has 6 nitrogen and oxygen atoms in total. The SMILES string of the molecule is CC(=O)N(c1nc(CSc2nnc(C)n2Cc2ccccc2)cs1)c1c(C)cc(C)cc1Cl. The molecule has 0 N–H and O–H groups in total. The zero-order valence-electron chi connectivity index (χ0n) is 18.9. The summed E-state index contributed by atoms with van der Waals surface area (Å²) in [5.41, 5.74) is 4.74. The molecule has 2 heterocycles. The zero-order chi connectivity index (χ0) is 23.5. The second-order valence-corrected chi connectivity index (χ2v) is 9.96. The Hall–Kier alpha value is -2.68. The fourth-order valence-corrected chi connectivity index (χ4v) is 5.86. The third-order valence-corrected chi connectivity index (χ3v) is 7.27. The topological polar surface area (TPSA) is 63.9 Å². The van der Waals surface area contributed by atoms with Crippen molar-refractivity contribution in [2.45, 2.75) is 45.1 Å². The van der Waals surface area contributed by atoms with Crippen LogP contribution in [-0.4, -0.2) is 25.7 Å². The van der Waals surface area contributed by atoms with Crippen LogP contribution in [-0.2, 0) is 17.1 Å². The van der Waals surface area contributed by atoms with Gasteiger partial charge >= 0.3 is 0 Å². The van der Waals surface area contributed by atoms with Gasteiger partial charge in [0.05, 0.1) is 22.9 Å². The average Bonchev–Trinajstić information content (AvgIpc) is 3.36. The number of nitrogens with zero attached hydrogens (tertiary/aromatic N) is 5. The lowest BCUT2D eigenvalue weighted by molar-refractivity contribution is -0.115. The number of aryl methyl sites for hydroxylation is 3. The normalized spacial score (nSPS) is 11.1. The summed E-state index contributed by atoms with van der Waals surface area (Å²) in [4.78, 5) is 18.9. The largest absolute Gasteiger partial charge is 0.302 e. The van der Waals surface area contributed by atoms with Crippen LogP contribution in [0.3, 0.4) is 0 Å². The molecule has 0 saturated carbocycles. The first-order valence-electron chi connectivity index (χ1n) is 10.4. The summed E-state index contributed by atoms with van der Waals surface area (Å²) in [6.07, 6.45) is 0. The maximum absolute atomic E-state index is 12.6. The highest BCUT2D eigenvalue weighted by atomic mass is 35.5. The van der Waals surface area contributed by atoms with Crippen LogP contribution >= 0.6 is 34.7 Å². The van der Waals surface area contributed by atoms with Gasteiger partial charge in [-0.1, -0.05) is 59.8 Å². The van der Waals surface area contributed by atoms with Gasteiger partial charge < -0.3 is 4.57 Å². The number of rotatable bonds is 7. The molecule has 4 aromatic rings. The van der Waals surface area contributed by atoms with Gasteiger partial charge in [-0.15, -0.1) is 21.5 Å². The Bertz CT molecular complexity index is 1260. The molecule has 0 saturated heterocycles. The third-order valence-electron chi connectivity index (χ3n) is 5.10. The molecule has 1 amide bonds. The highest BCUT2D eigenvalue weighted by molar-refractivity contribution is 7.98. The molecular formula is C24H24ClN5OS2. The molecule has 2 aromatic heterocycles. The Morgan fingerprint density at radius 1 is 1.15 bits per heavy atom. The van der Waals surface area contributed by atoms with E-state index in [-0.39, 0.29) is 5.91 Å². The predicted molar refractivity (Wildman–Crippen MR) is 136 cm³/mol. The van der Waals surface area contributed by atoms with Gasteiger partial charge in [-0.25, -0.2) is 4.98 Å². The smallest absolute Gasteiger partial charge is 0.230 e. The number of hydrogen-bond acceptors (Lipinski definition) is 6. The second kappa shape index (κ2) is 10.1. The van der Waals surface area contributed by atoms with Gasteiger partial charge in [0.25, 0.3) is 0 Å². The number of carbonyl (C=O) groups is 1. The van der Waals surface area contributed by atoms with Crippen molar-refractivity contribution in [2.75, 3.05) is 4.90 Å². The summed E-state index contributed by atoms with van der Waals surface area (Å²) in [6, 6.07) is 14.1. The molecule has 0 aliphatic rings. The van der Waals surface area contributed by atoms with Gasteiger partial charge in [0.15, 0.2) is 10.3 Å². The maximum atomic E-state index is 12.6. The van der Waals surface area contributed by atoms with Crippen molar-refractivity contribution in [3.63, 3.8) is 0 Å². The van der Waals surface area contributed by atoms with Crippen molar-refractivity contribution in [2.24, 2.45) is 0 Å². The number of thiazole rings is 1. The van der Waals surface area contributed by atoms with E-state index in [0.717, 1.165) is 27.8 Å². The van der Waals surface area contributed by atoms with Crippen LogP contribution in [0.2, 0.25) is 5.02 Å². The standard InChI is InChI=1S/C24H24ClN5OS2/c1-15-10-16(2)22(21(25)11-15)30(18(4)31)23-26-20(13-32-23)14-33-24-28-27-17(3)29(24)12-19-8-6-5-7-9-19/h5-11,13H,12,14H2,1-4H3. The number of amides is 1. The van der Waals surface area contributed by atoms with E-state index in [9.17, 15) is 4.79 Å². The number of carbonyl (C=O) groups excluding carboxylic acids is 1. The molecule has 170 valence electrons. The fourth-order valence-electron chi connectivity index (χ4n) is 3.60. The Balaban J connectivity index is 1.53. The molecular weight excluding hydrogens is 474 g/mol. The maximum Gasteiger partial charge on any atom is 0.230 e. The van der Waals surface area contributed by atoms with Gasteiger partial charge in [0, 0.05) is 18.1 Å². The molecule has 4 rings (SSSR count). The molecule has 0 bridgehead atoms. The van der Waals surface area contributed by atoms with Crippen LogP contribution in [0.5, 0.6) is 0 Å². The monoisotopic (exact) mass is 497 g/mol. The minimum atomic E-state index is -0.129. The van der Waals surface area contributed by atoms with Gasteiger partial charge in [-0.3, -0.25) is 9.69 Å². The number of benzene rings is 2. The van der Waals surface area contributed by atoms with Crippen LogP contribution in [0, 0.1) is 20.8 Å². The molecule has 0 unspecified atom stereocenters. The minimum absolute atomic E-state index is 0.129. The number of aromatic nitrogens is 4. The summed E-state index contributed by atoms with van der Waals surface area (Å²) >= 11 is 9.53. The van der Waals surface area contributed by atoms with Crippen LogP contribution in [0.1, 0.15) is 35.1 Å². The first-order valence-corrected chi connectivity index (χ1v) is 12.7. The fraction of sp³-hybridized carbons (Fsp3) is 0.250. The van der Waals surface area contributed by atoms with Crippen LogP contribution < -0.4 is 4.90 Å². The quantitative estimate of drug-likeness (QED) is 0.279. The number of halogens is 1. The second-order valence-electron chi connectivity index (χ2n) is 7.78. The van der Waals surface area contributed by atoms with Crippen molar-refractivity contribution >= 4 is 51.4 Å². The highest BCUT2D eigenvalue weighted by Crippen LogP contribution is 2.38. The lowest BCUT2D eigenvalue weighted by Gasteiger charge is -2.22. The number of anilines is 2. The minimum Gasteiger partial charge on any atom is -0.302 e. The Morgan fingerprint density at radius 3 is 2.61 bits per heavy atom. The Morgan fingerprint density at radius 2 is 1.91 bits per heavy atom. The summed E-state index contributed by atoms with van der Waals surface area (Å²) < 4.78 is 2.10. The van der Waals surface area contributed by atoms with Gasteiger partial charge in [0.2, 0.25) is 5.91 Å². The van der Waals surface area contributed by atoms with Gasteiger partial charge in [-0.05, 0) is 43.5 Å². The first-order chi connectivity index (χ1) is 15.8. The molecule has 0 radical (unpaired) electrons. The van der Waals surface area contributed by atoms with E-state index < -0.39 is 0 Å². The van der Waals surface area contributed by atoms with Crippen molar-refractivity contribution < 1.29 is 4.79 Å². The molecule has 9 heteroatoms. The molecule has 2 aromatic carbocycles.